The highest BCUT2D eigenvalue weighted by molar-refractivity contribution is 7.10. The van der Waals surface area contributed by atoms with Crippen LogP contribution in [0.5, 0.6) is 5.75 Å². The molecule has 0 spiro atoms. The maximum absolute atomic E-state index is 12.6. The molecule has 2 N–H and O–H groups in total. The van der Waals surface area contributed by atoms with Crippen molar-refractivity contribution in [2.24, 2.45) is 0 Å². The van der Waals surface area contributed by atoms with Crippen molar-refractivity contribution in [2.45, 2.75) is 12.5 Å². The number of ether oxygens (including phenoxy) is 1. The van der Waals surface area contributed by atoms with Crippen molar-refractivity contribution in [2.75, 3.05) is 6.54 Å². The zero-order valence-corrected chi connectivity index (χ0v) is 16.1. The zero-order chi connectivity index (χ0) is 20.2. The highest BCUT2D eigenvalue weighted by Crippen LogP contribution is 2.32. The van der Waals surface area contributed by atoms with Crippen LogP contribution in [-0.2, 0) is 0 Å². The summed E-state index contributed by atoms with van der Waals surface area (Å²) in [6.07, 6.45) is 1.98. The predicted molar refractivity (Wildman–Crippen MR) is 110 cm³/mol. The molecular formula is C22H18F2N2O2S. The Kier molecular flexibility index (Phi) is 5.57. The van der Waals surface area contributed by atoms with Crippen molar-refractivity contribution in [3.05, 3.63) is 88.2 Å². The average Bonchev–Trinajstić information content (AvgIpc) is 3.39. The highest BCUT2D eigenvalue weighted by atomic mass is 32.1. The number of aromatic amines is 1. The normalized spacial score (nSPS) is 12.2. The number of carbonyl (C=O) groups is 1. The van der Waals surface area contributed by atoms with E-state index in [1.807, 2.05) is 35.8 Å². The van der Waals surface area contributed by atoms with Gasteiger partial charge in [0.1, 0.15) is 5.75 Å². The van der Waals surface area contributed by atoms with Crippen LogP contribution in [0.2, 0.25) is 0 Å². The van der Waals surface area contributed by atoms with E-state index in [2.05, 4.69) is 27.2 Å². The van der Waals surface area contributed by atoms with Crippen LogP contribution in [0, 0.1) is 0 Å². The Hall–Kier alpha value is -3.19. The number of benzene rings is 2. The Morgan fingerprint density at radius 2 is 1.86 bits per heavy atom. The van der Waals surface area contributed by atoms with Crippen molar-refractivity contribution in [1.82, 2.24) is 10.3 Å². The Morgan fingerprint density at radius 1 is 1.07 bits per heavy atom. The lowest BCUT2D eigenvalue weighted by Crippen LogP contribution is -2.28. The molecule has 4 nitrogen and oxygen atoms in total. The van der Waals surface area contributed by atoms with Gasteiger partial charge in [0.05, 0.1) is 0 Å². The van der Waals surface area contributed by atoms with Crippen LogP contribution in [0.25, 0.3) is 10.9 Å². The molecule has 4 rings (SSSR count). The van der Waals surface area contributed by atoms with Gasteiger partial charge in [-0.1, -0.05) is 24.3 Å². The Balaban J connectivity index is 1.52. The summed E-state index contributed by atoms with van der Waals surface area (Å²) in [4.78, 5) is 17.0. The Morgan fingerprint density at radius 3 is 2.59 bits per heavy atom. The SMILES string of the molecule is O=C(NC[C@@H](c1cccs1)c1c[nH]c2ccccc12)c1ccc(OC(F)F)cc1. The molecule has 0 unspecified atom stereocenters. The summed E-state index contributed by atoms with van der Waals surface area (Å²) in [5, 5.41) is 6.10. The number of alkyl halides is 2. The van der Waals surface area contributed by atoms with Gasteiger partial charge in [-0.2, -0.15) is 8.78 Å². The second-order valence-corrected chi connectivity index (χ2v) is 7.45. The van der Waals surface area contributed by atoms with Gasteiger partial charge in [-0.25, -0.2) is 0 Å². The molecule has 2 aromatic carbocycles. The molecule has 2 heterocycles. The third-order valence-corrected chi connectivity index (χ3v) is 5.68. The molecule has 0 radical (unpaired) electrons. The van der Waals surface area contributed by atoms with E-state index in [-0.39, 0.29) is 17.6 Å². The lowest BCUT2D eigenvalue weighted by Gasteiger charge is -2.16. The van der Waals surface area contributed by atoms with Gasteiger partial charge in [0.15, 0.2) is 0 Å². The first-order valence-corrected chi connectivity index (χ1v) is 9.92. The van der Waals surface area contributed by atoms with Crippen molar-refractivity contribution in [3.8, 4) is 5.75 Å². The lowest BCUT2D eigenvalue weighted by molar-refractivity contribution is -0.0498. The number of aromatic nitrogens is 1. The zero-order valence-electron chi connectivity index (χ0n) is 15.3. The van der Waals surface area contributed by atoms with Crippen LogP contribution in [-0.4, -0.2) is 24.0 Å². The van der Waals surface area contributed by atoms with Gasteiger partial charge in [0.2, 0.25) is 0 Å². The number of amides is 1. The molecule has 1 atom stereocenters. The van der Waals surface area contributed by atoms with Crippen LogP contribution in [0.3, 0.4) is 0 Å². The first-order valence-electron chi connectivity index (χ1n) is 9.04. The fraction of sp³-hybridized carbons (Fsp3) is 0.136. The molecule has 0 saturated heterocycles. The van der Waals surface area contributed by atoms with Gasteiger partial charge < -0.3 is 15.0 Å². The second kappa shape index (κ2) is 8.45. The number of halogens is 2. The number of thiophene rings is 1. The summed E-state index contributed by atoms with van der Waals surface area (Å²) in [6.45, 7) is -2.48. The molecule has 4 aromatic rings. The van der Waals surface area contributed by atoms with Crippen molar-refractivity contribution in [1.29, 1.82) is 0 Å². The number of carbonyl (C=O) groups excluding carboxylic acids is 1. The third kappa shape index (κ3) is 4.30. The van der Waals surface area contributed by atoms with Crippen LogP contribution in [0.4, 0.5) is 8.78 Å². The third-order valence-electron chi connectivity index (χ3n) is 4.69. The molecule has 0 saturated carbocycles. The second-order valence-electron chi connectivity index (χ2n) is 6.47. The fourth-order valence-electron chi connectivity index (χ4n) is 3.32. The highest BCUT2D eigenvalue weighted by Gasteiger charge is 2.20. The van der Waals surface area contributed by atoms with Crippen LogP contribution < -0.4 is 10.1 Å². The quantitative estimate of drug-likeness (QED) is 0.427. The number of hydrogen-bond donors (Lipinski definition) is 2. The topological polar surface area (TPSA) is 54.1 Å². The summed E-state index contributed by atoms with van der Waals surface area (Å²) in [6, 6.07) is 17.8. The minimum atomic E-state index is -2.89. The largest absolute Gasteiger partial charge is 0.435 e. The number of H-pyrrole nitrogens is 1. The summed E-state index contributed by atoms with van der Waals surface area (Å²) in [7, 11) is 0. The fourth-order valence-corrected chi connectivity index (χ4v) is 4.17. The van der Waals surface area contributed by atoms with Gasteiger partial charge in [0, 0.05) is 40.0 Å². The molecule has 2 aromatic heterocycles. The minimum Gasteiger partial charge on any atom is -0.435 e. The average molecular weight is 412 g/mol. The first-order chi connectivity index (χ1) is 14.1. The van der Waals surface area contributed by atoms with E-state index in [1.165, 1.54) is 24.3 Å². The van der Waals surface area contributed by atoms with Crippen LogP contribution >= 0.6 is 11.3 Å². The van der Waals surface area contributed by atoms with E-state index in [9.17, 15) is 13.6 Å². The van der Waals surface area contributed by atoms with Crippen LogP contribution in [0.15, 0.2) is 72.2 Å². The van der Waals surface area contributed by atoms with Crippen molar-refractivity contribution in [3.63, 3.8) is 0 Å². The lowest BCUT2D eigenvalue weighted by atomic mass is 9.96. The molecule has 148 valence electrons. The molecule has 0 aliphatic carbocycles. The number of hydrogen-bond acceptors (Lipinski definition) is 3. The van der Waals surface area contributed by atoms with Gasteiger partial charge in [0.25, 0.3) is 5.91 Å². The van der Waals surface area contributed by atoms with Crippen molar-refractivity contribution >= 4 is 28.1 Å². The summed E-state index contributed by atoms with van der Waals surface area (Å²) in [5.41, 5.74) is 2.55. The first kappa shape index (κ1) is 19.1. The molecule has 7 heteroatoms. The standard InChI is InChI=1S/C22H18F2N2O2S/c23-22(24)28-15-9-7-14(8-10-15)21(27)26-13-18(20-6-3-11-29-20)17-12-25-19-5-2-1-4-16(17)19/h1-12,18,22,25H,13H2,(H,26,27)/t18-/m1/s1. The van der Waals surface area contributed by atoms with Gasteiger partial charge >= 0.3 is 6.61 Å². The summed E-state index contributed by atoms with van der Waals surface area (Å²) < 4.78 is 28.9. The molecule has 0 bridgehead atoms. The molecule has 0 aliphatic rings. The van der Waals surface area contributed by atoms with Crippen LogP contribution in [0.1, 0.15) is 26.7 Å². The maximum atomic E-state index is 12.6. The maximum Gasteiger partial charge on any atom is 0.387 e. The van der Waals surface area contributed by atoms with E-state index in [1.54, 1.807) is 11.3 Å². The van der Waals surface area contributed by atoms with Gasteiger partial charge in [-0.15, -0.1) is 11.3 Å². The van der Waals surface area contributed by atoms with E-state index in [0.29, 0.717) is 12.1 Å². The number of para-hydroxylation sites is 1. The monoisotopic (exact) mass is 412 g/mol. The molecular weight excluding hydrogens is 394 g/mol. The minimum absolute atomic E-state index is 0.00320. The molecule has 0 fully saturated rings. The van der Waals surface area contributed by atoms with Gasteiger partial charge in [-0.3, -0.25) is 4.79 Å². The Labute approximate surface area is 170 Å². The number of nitrogens with one attached hydrogen (secondary N) is 2. The summed E-state index contributed by atoms with van der Waals surface area (Å²) >= 11 is 1.64. The number of rotatable bonds is 7. The van der Waals surface area contributed by atoms with E-state index >= 15 is 0 Å². The predicted octanol–water partition coefficient (Wildman–Crippen LogP) is 5.39. The van der Waals surface area contributed by atoms with Crippen molar-refractivity contribution < 1.29 is 18.3 Å². The van der Waals surface area contributed by atoms with E-state index < -0.39 is 6.61 Å². The van der Waals surface area contributed by atoms with Gasteiger partial charge in [-0.05, 0) is 47.3 Å². The number of fused-ring (bicyclic) bond motifs is 1. The summed E-state index contributed by atoms with van der Waals surface area (Å²) in [5.74, 6) is -0.252. The Bertz CT molecular complexity index is 1090. The smallest absolute Gasteiger partial charge is 0.387 e. The molecule has 0 aliphatic heterocycles. The van der Waals surface area contributed by atoms with E-state index in [0.717, 1.165) is 21.3 Å². The molecule has 29 heavy (non-hydrogen) atoms. The van der Waals surface area contributed by atoms with E-state index in [4.69, 9.17) is 0 Å². The molecule has 1 amide bonds.